The van der Waals surface area contributed by atoms with Crippen LogP contribution in [0.2, 0.25) is 0 Å². The van der Waals surface area contributed by atoms with Gasteiger partial charge >= 0.3 is 5.97 Å². The summed E-state index contributed by atoms with van der Waals surface area (Å²) in [6.07, 6.45) is 0.0557. The van der Waals surface area contributed by atoms with Crippen molar-refractivity contribution in [3.05, 3.63) is 35.9 Å². The quantitative estimate of drug-likeness (QED) is 0.576. The summed E-state index contributed by atoms with van der Waals surface area (Å²) in [5.41, 5.74) is 0.430. The number of hydrogen-bond donors (Lipinski definition) is 3. The third-order valence-electron chi connectivity index (χ3n) is 4.10. The van der Waals surface area contributed by atoms with E-state index in [1.54, 1.807) is 30.3 Å². The third kappa shape index (κ3) is 5.02. The number of rotatable bonds is 7. The molecule has 1 aromatic carbocycles. The van der Waals surface area contributed by atoms with Crippen LogP contribution in [-0.2, 0) is 19.6 Å². The second-order valence-electron chi connectivity index (χ2n) is 5.90. The molecule has 1 aliphatic heterocycles. The normalized spacial score (nSPS) is 20.0. The standard InChI is InChI=1S/C16H21N3O6S/c1-2-26(24,25)17-9-14(20)19-10-12(8-13(19)16(22)23)18-15(21)11-6-4-3-5-7-11/h3-7,12-13,17H,2,8-10H2,1H3,(H,18,21)(H,22,23)/t12-,13+/m1/s1. The van der Waals surface area contributed by atoms with Crippen LogP contribution in [0.1, 0.15) is 23.7 Å². The largest absolute Gasteiger partial charge is 0.480 e. The molecule has 0 radical (unpaired) electrons. The van der Waals surface area contributed by atoms with Gasteiger partial charge in [0.2, 0.25) is 15.9 Å². The molecule has 1 fully saturated rings. The maximum Gasteiger partial charge on any atom is 0.326 e. The van der Waals surface area contributed by atoms with E-state index >= 15 is 0 Å². The monoisotopic (exact) mass is 383 g/mol. The number of likely N-dealkylation sites (tertiary alicyclic amines) is 1. The molecule has 0 aromatic heterocycles. The van der Waals surface area contributed by atoms with Crippen LogP contribution in [0.4, 0.5) is 0 Å². The number of benzene rings is 1. The van der Waals surface area contributed by atoms with Crippen molar-refractivity contribution in [1.82, 2.24) is 14.9 Å². The van der Waals surface area contributed by atoms with Gasteiger partial charge in [0.1, 0.15) is 6.04 Å². The lowest BCUT2D eigenvalue weighted by Crippen LogP contribution is -2.46. The maximum atomic E-state index is 12.2. The van der Waals surface area contributed by atoms with Crippen LogP contribution in [0, 0.1) is 0 Å². The van der Waals surface area contributed by atoms with Crippen molar-refractivity contribution in [2.75, 3.05) is 18.8 Å². The highest BCUT2D eigenvalue weighted by Crippen LogP contribution is 2.19. The lowest BCUT2D eigenvalue weighted by Gasteiger charge is -2.21. The highest BCUT2D eigenvalue weighted by molar-refractivity contribution is 7.89. The molecular formula is C16H21N3O6S. The number of aliphatic carboxylic acids is 1. The average molecular weight is 383 g/mol. The first kappa shape index (κ1) is 19.9. The van der Waals surface area contributed by atoms with E-state index < -0.39 is 40.5 Å². The molecule has 1 saturated heterocycles. The lowest BCUT2D eigenvalue weighted by molar-refractivity contribution is -0.147. The van der Waals surface area contributed by atoms with Crippen LogP contribution in [0.3, 0.4) is 0 Å². The van der Waals surface area contributed by atoms with Crippen molar-refractivity contribution in [3.8, 4) is 0 Å². The highest BCUT2D eigenvalue weighted by atomic mass is 32.2. The Morgan fingerprint density at radius 1 is 1.23 bits per heavy atom. The summed E-state index contributed by atoms with van der Waals surface area (Å²) in [4.78, 5) is 37.0. The molecular weight excluding hydrogens is 362 g/mol. The molecule has 0 unspecified atom stereocenters. The van der Waals surface area contributed by atoms with Gasteiger partial charge in [-0.3, -0.25) is 9.59 Å². The number of carboxylic acids is 1. The van der Waals surface area contributed by atoms with E-state index in [1.165, 1.54) is 6.92 Å². The van der Waals surface area contributed by atoms with Crippen LogP contribution in [0.15, 0.2) is 30.3 Å². The zero-order valence-corrected chi connectivity index (χ0v) is 15.0. The molecule has 26 heavy (non-hydrogen) atoms. The van der Waals surface area contributed by atoms with Crippen molar-refractivity contribution < 1.29 is 27.9 Å². The number of amides is 2. The van der Waals surface area contributed by atoms with Gasteiger partial charge in [-0.25, -0.2) is 17.9 Å². The molecule has 1 heterocycles. The molecule has 0 saturated carbocycles. The van der Waals surface area contributed by atoms with Gasteiger partial charge in [-0.05, 0) is 19.1 Å². The van der Waals surface area contributed by atoms with Crippen molar-refractivity contribution in [2.24, 2.45) is 0 Å². The van der Waals surface area contributed by atoms with E-state index in [9.17, 15) is 27.9 Å². The molecule has 1 aromatic rings. The van der Waals surface area contributed by atoms with E-state index in [4.69, 9.17) is 0 Å². The predicted octanol–water partition coefficient (Wildman–Crippen LogP) is -0.590. The first-order chi connectivity index (χ1) is 12.2. The van der Waals surface area contributed by atoms with Gasteiger partial charge in [0.25, 0.3) is 5.91 Å². The minimum atomic E-state index is -3.57. The third-order valence-corrected chi connectivity index (χ3v) is 5.45. The summed E-state index contributed by atoms with van der Waals surface area (Å²) >= 11 is 0. The summed E-state index contributed by atoms with van der Waals surface area (Å²) < 4.78 is 25.0. The van der Waals surface area contributed by atoms with Crippen LogP contribution in [-0.4, -0.2) is 67.1 Å². The van der Waals surface area contributed by atoms with Crippen LogP contribution < -0.4 is 10.0 Å². The van der Waals surface area contributed by atoms with E-state index in [-0.39, 0.29) is 24.6 Å². The number of carbonyl (C=O) groups is 3. The molecule has 0 bridgehead atoms. The average Bonchev–Trinajstić information content (AvgIpc) is 3.04. The van der Waals surface area contributed by atoms with Gasteiger partial charge in [0.15, 0.2) is 0 Å². The predicted molar refractivity (Wildman–Crippen MR) is 92.9 cm³/mol. The number of carbonyl (C=O) groups excluding carboxylic acids is 2. The van der Waals surface area contributed by atoms with Gasteiger partial charge in [-0.1, -0.05) is 18.2 Å². The summed E-state index contributed by atoms with van der Waals surface area (Å²) in [5, 5.41) is 12.0. The van der Waals surface area contributed by atoms with Gasteiger partial charge in [-0.15, -0.1) is 0 Å². The molecule has 0 aliphatic carbocycles. The van der Waals surface area contributed by atoms with E-state index in [0.29, 0.717) is 5.56 Å². The van der Waals surface area contributed by atoms with Crippen molar-refractivity contribution in [2.45, 2.75) is 25.4 Å². The first-order valence-corrected chi connectivity index (χ1v) is 9.74. The number of carboxylic acid groups (broad SMARTS) is 1. The number of hydrogen-bond acceptors (Lipinski definition) is 5. The fourth-order valence-electron chi connectivity index (χ4n) is 2.68. The van der Waals surface area contributed by atoms with Gasteiger partial charge in [-0.2, -0.15) is 0 Å². The zero-order chi connectivity index (χ0) is 19.3. The van der Waals surface area contributed by atoms with Crippen LogP contribution in [0.25, 0.3) is 0 Å². The zero-order valence-electron chi connectivity index (χ0n) is 14.2. The Kier molecular flexibility index (Phi) is 6.32. The minimum Gasteiger partial charge on any atom is -0.480 e. The Labute approximate surface area is 151 Å². The van der Waals surface area contributed by atoms with Gasteiger partial charge < -0.3 is 15.3 Å². The summed E-state index contributed by atoms with van der Waals surface area (Å²) in [5.74, 6) is -2.39. The van der Waals surface area contributed by atoms with Crippen molar-refractivity contribution >= 4 is 27.8 Å². The molecule has 2 amide bonds. The van der Waals surface area contributed by atoms with Crippen LogP contribution >= 0.6 is 0 Å². The highest BCUT2D eigenvalue weighted by Gasteiger charge is 2.40. The number of nitrogens with zero attached hydrogens (tertiary/aromatic N) is 1. The molecule has 0 spiro atoms. The van der Waals surface area contributed by atoms with Crippen LogP contribution in [0.5, 0.6) is 0 Å². The number of nitrogens with one attached hydrogen (secondary N) is 2. The smallest absolute Gasteiger partial charge is 0.326 e. The Hall–Kier alpha value is -2.46. The summed E-state index contributed by atoms with van der Waals surface area (Å²) in [6, 6.07) is 6.79. The Morgan fingerprint density at radius 2 is 1.88 bits per heavy atom. The summed E-state index contributed by atoms with van der Waals surface area (Å²) in [7, 11) is -3.57. The first-order valence-electron chi connectivity index (χ1n) is 8.09. The topological polar surface area (TPSA) is 133 Å². The van der Waals surface area contributed by atoms with E-state index in [2.05, 4.69) is 10.0 Å². The maximum absolute atomic E-state index is 12.2. The molecule has 1 aliphatic rings. The second-order valence-corrected chi connectivity index (χ2v) is 7.99. The molecule has 3 N–H and O–H groups in total. The van der Waals surface area contributed by atoms with Gasteiger partial charge in [0, 0.05) is 24.6 Å². The fraction of sp³-hybridized carbons (Fsp3) is 0.438. The molecule has 2 atom stereocenters. The second kappa shape index (κ2) is 8.28. The summed E-state index contributed by atoms with van der Waals surface area (Å²) in [6.45, 7) is 0.916. The van der Waals surface area contributed by atoms with Gasteiger partial charge in [0.05, 0.1) is 12.3 Å². The van der Waals surface area contributed by atoms with E-state index in [0.717, 1.165) is 4.90 Å². The lowest BCUT2D eigenvalue weighted by atomic mass is 10.1. The van der Waals surface area contributed by atoms with Crippen molar-refractivity contribution in [1.29, 1.82) is 0 Å². The Morgan fingerprint density at radius 3 is 2.46 bits per heavy atom. The Bertz CT molecular complexity index is 780. The minimum absolute atomic E-state index is 0.00221. The molecule has 10 heteroatoms. The molecule has 9 nitrogen and oxygen atoms in total. The van der Waals surface area contributed by atoms with E-state index in [1.807, 2.05) is 0 Å². The Balaban J connectivity index is 2.02. The van der Waals surface area contributed by atoms with Crippen molar-refractivity contribution in [3.63, 3.8) is 0 Å². The number of sulfonamides is 1. The SMILES string of the molecule is CCS(=O)(=O)NCC(=O)N1C[C@H](NC(=O)c2ccccc2)C[C@H]1C(=O)O. The molecule has 142 valence electrons. The fourth-order valence-corrected chi connectivity index (χ4v) is 3.23. The molecule has 2 rings (SSSR count).